The molecule has 31 heavy (non-hydrogen) atoms. The van der Waals surface area contributed by atoms with Gasteiger partial charge in [-0.3, -0.25) is 0 Å². The van der Waals surface area contributed by atoms with Crippen LogP contribution < -0.4 is 0 Å². The Hall–Kier alpha value is 0.290. The first-order chi connectivity index (χ1) is 15.2. The largest absolute Gasteiger partial charge is 0.508 e. The molecule has 0 aromatic heterocycles. The number of unbranched alkanes of at least 4 members (excludes halogenated alkanes) is 6. The fourth-order valence-electron chi connectivity index (χ4n) is 1.96. The first-order valence-electron chi connectivity index (χ1n) is 10.8. The maximum Gasteiger partial charge on any atom is 0.508 e. The standard InChI is InChI=1S/C12H22O4S2.C9H20O2S2/c1-2-8-15-12(14)16-9-5-3-4-6-10-17-18-11-7-13;1-11-7-9-13-12-8-5-3-2-4-6-10/h2,13H,1,3-11H2;10H,2-9H2,1H3. The summed E-state index contributed by atoms with van der Waals surface area (Å²) in [6.45, 7) is 5.49. The van der Waals surface area contributed by atoms with Crippen LogP contribution in [0.25, 0.3) is 0 Å². The smallest absolute Gasteiger partial charge is 0.434 e. The molecule has 0 saturated heterocycles. The zero-order valence-electron chi connectivity index (χ0n) is 19.0. The number of methoxy groups -OCH3 is 1. The number of carbonyl (C=O) groups is 1. The summed E-state index contributed by atoms with van der Waals surface area (Å²) in [4.78, 5) is 10.9. The Kier molecular flexibility index (Phi) is 35.0. The van der Waals surface area contributed by atoms with Crippen LogP contribution in [-0.2, 0) is 14.2 Å². The summed E-state index contributed by atoms with van der Waals surface area (Å²) in [5.41, 5.74) is 0. The predicted octanol–water partition coefficient (Wildman–Crippen LogP) is 5.83. The minimum atomic E-state index is -0.620. The fourth-order valence-corrected chi connectivity index (χ4v) is 5.93. The van der Waals surface area contributed by atoms with Crippen molar-refractivity contribution < 1.29 is 29.2 Å². The fraction of sp³-hybridized carbons (Fsp3) is 0.857. The van der Waals surface area contributed by atoms with Gasteiger partial charge in [-0.1, -0.05) is 81.5 Å². The second kappa shape index (κ2) is 32.5. The van der Waals surface area contributed by atoms with Gasteiger partial charge in [0, 0.05) is 36.7 Å². The van der Waals surface area contributed by atoms with Crippen LogP contribution in [0.1, 0.15) is 51.4 Å². The molecule has 0 aliphatic carbocycles. The van der Waals surface area contributed by atoms with E-state index in [1.807, 2.05) is 21.6 Å². The molecule has 0 saturated carbocycles. The molecular formula is C21H42O6S4. The van der Waals surface area contributed by atoms with Crippen molar-refractivity contribution in [1.82, 2.24) is 0 Å². The molecular weight excluding hydrogens is 476 g/mol. The number of carbonyl (C=O) groups excluding carboxylic acids is 1. The maximum atomic E-state index is 10.9. The third kappa shape index (κ3) is 35.1. The van der Waals surface area contributed by atoms with Crippen LogP contribution in [0.15, 0.2) is 12.7 Å². The molecule has 6 nitrogen and oxygen atoms in total. The lowest BCUT2D eigenvalue weighted by Crippen LogP contribution is -2.08. The summed E-state index contributed by atoms with van der Waals surface area (Å²) < 4.78 is 14.5. The van der Waals surface area contributed by atoms with Crippen molar-refractivity contribution in [3.8, 4) is 0 Å². The van der Waals surface area contributed by atoms with E-state index in [0.29, 0.717) is 13.2 Å². The van der Waals surface area contributed by atoms with Gasteiger partial charge in [0.15, 0.2) is 0 Å². The van der Waals surface area contributed by atoms with Crippen LogP contribution in [0.3, 0.4) is 0 Å². The molecule has 0 aliphatic heterocycles. The summed E-state index contributed by atoms with van der Waals surface area (Å²) in [5.74, 6) is 4.20. The monoisotopic (exact) mass is 518 g/mol. The summed E-state index contributed by atoms with van der Waals surface area (Å²) in [6.07, 6.45) is 9.75. The van der Waals surface area contributed by atoms with Gasteiger partial charge in [-0.2, -0.15) is 0 Å². The molecule has 10 heteroatoms. The molecule has 0 aliphatic rings. The Morgan fingerprint density at radius 3 is 1.90 bits per heavy atom. The Balaban J connectivity index is 0. The van der Waals surface area contributed by atoms with Gasteiger partial charge in [-0.15, -0.1) is 0 Å². The molecule has 2 N–H and O–H groups in total. The number of aliphatic hydroxyl groups excluding tert-OH is 2. The van der Waals surface area contributed by atoms with Gasteiger partial charge in [0.1, 0.15) is 6.61 Å². The van der Waals surface area contributed by atoms with Crippen LogP contribution >= 0.6 is 43.2 Å². The third-order valence-electron chi connectivity index (χ3n) is 3.51. The molecule has 0 amide bonds. The zero-order valence-corrected chi connectivity index (χ0v) is 22.2. The van der Waals surface area contributed by atoms with E-state index < -0.39 is 6.16 Å². The molecule has 0 aromatic carbocycles. The summed E-state index contributed by atoms with van der Waals surface area (Å²) in [6, 6.07) is 0. The van der Waals surface area contributed by atoms with E-state index >= 15 is 0 Å². The molecule has 0 aromatic rings. The molecule has 0 fully saturated rings. The first kappa shape index (κ1) is 33.5. The van der Waals surface area contributed by atoms with Gasteiger partial charge < -0.3 is 24.4 Å². The molecule has 0 atom stereocenters. The Morgan fingerprint density at radius 2 is 1.32 bits per heavy atom. The molecule has 186 valence electrons. The minimum Gasteiger partial charge on any atom is -0.434 e. The van der Waals surface area contributed by atoms with Crippen LogP contribution in [0.4, 0.5) is 4.79 Å². The highest BCUT2D eigenvalue weighted by Gasteiger charge is 2.01. The second-order valence-electron chi connectivity index (χ2n) is 6.25. The number of hydrogen-bond acceptors (Lipinski definition) is 10. The van der Waals surface area contributed by atoms with Crippen molar-refractivity contribution >= 4 is 49.3 Å². The topological polar surface area (TPSA) is 85.2 Å². The van der Waals surface area contributed by atoms with E-state index in [2.05, 4.69) is 11.3 Å². The molecule has 0 rings (SSSR count). The molecule has 0 heterocycles. The molecule has 0 unspecified atom stereocenters. The highest BCUT2D eigenvalue weighted by molar-refractivity contribution is 8.77. The average molecular weight is 519 g/mol. The summed E-state index contributed by atoms with van der Waals surface area (Å²) >= 11 is 0. The number of ether oxygens (including phenoxy) is 3. The van der Waals surface area contributed by atoms with Crippen LogP contribution in [0, 0.1) is 0 Å². The quantitative estimate of drug-likeness (QED) is 0.0790. The lowest BCUT2D eigenvalue weighted by atomic mass is 10.2. The van der Waals surface area contributed by atoms with Gasteiger partial charge in [-0.25, -0.2) is 4.79 Å². The second-order valence-corrected chi connectivity index (χ2v) is 11.7. The van der Waals surface area contributed by atoms with E-state index in [4.69, 9.17) is 19.7 Å². The van der Waals surface area contributed by atoms with Gasteiger partial charge in [0.2, 0.25) is 0 Å². The molecule has 0 radical (unpaired) electrons. The average Bonchev–Trinajstić information content (AvgIpc) is 2.78. The highest BCUT2D eigenvalue weighted by Crippen LogP contribution is 2.23. The Bertz CT molecular complexity index is 355. The van der Waals surface area contributed by atoms with Crippen LogP contribution in [0.2, 0.25) is 0 Å². The van der Waals surface area contributed by atoms with E-state index in [0.717, 1.165) is 56.0 Å². The SMILES string of the molecule is C=CCOC(=O)OCCCCCCSSCCO.COCCSSCCCCCCO. The van der Waals surface area contributed by atoms with Gasteiger partial charge in [0.25, 0.3) is 0 Å². The van der Waals surface area contributed by atoms with Crippen molar-refractivity contribution in [2.45, 2.75) is 51.4 Å². The normalized spacial score (nSPS) is 10.3. The lowest BCUT2D eigenvalue weighted by Gasteiger charge is -2.04. The number of aliphatic hydroxyl groups is 2. The first-order valence-corrected chi connectivity index (χ1v) is 15.8. The van der Waals surface area contributed by atoms with Crippen molar-refractivity contribution in [2.24, 2.45) is 0 Å². The van der Waals surface area contributed by atoms with Gasteiger partial charge in [0.05, 0.1) is 19.8 Å². The number of hydrogen-bond donors (Lipinski definition) is 2. The third-order valence-corrected chi connectivity index (χ3v) is 8.44. The molecule has 0 spiro atoms. The highest BCUT2D eigenvalue weighted by atomic mass is 33.1. The summed E-state index contributed by atoms with van der Waals surface area (Å²) in [5, 5.41) is 17.1. The maximum absolute atomic E-state index is 10.9. The Labute approximate surface area is 205 Å². The zero-order chi connectivity index (χ0) is 23.3. The Morgan fingerprint density at radius 1 is 0.742 bits per heavy atom. The number of rotatable bonds is 22. The van der Waals surface area contributed by atoms with Crippen molar-refractivity contribution in [3.05, 3.63) is 12.7 Å². The van der Waals surface area contributed by atoms with E-state index in [1.165, 1.54) is 31.1 Å². The van der Waals surface area contributed by atoms with Crippen molar-refractivity contribution in [2.75, 3.05) is 63.2 Å². The van der Waals surface area contributed by atoms with Crippen molar-refractivity contribution in [3.63, 3.8) is 0 Å². The van der Waals surface area contributed by atoms with E-state index in [1.54, 1.807) is 28.7 Å². The van der Waals surface area contributed by atoms with E-state index in [-0.39, 0.29) is 13.2 Å². The lowest BCUT2D eigenvalue weighted by molar-refractivity contribution is 0.0620. The summed E-state index contributed by atoms with van der Waals surface area (Å²) in [7, 11) is 9.05. The van der Waals surface area contributed by atoms with Crippen molar-refractivity contribution in [1.29, 1.82) is 0 Å². The van der Waals surface area contributed by atoms with E-state index in [9.17, 15) is 4.79 Å². The molecule has 0 bridgehead atoms. The predicted molar refractivity (Wildman–Crippen MR) is 140 cm³/mol. The van der Waals surface area contributed by atoms with Crippen LogP contribution in [0.5, 0.6) is 0 Å². The minimum absolute atomic E-state index is 0.196. The van der Waals surface area contributed by atoms with Gasteiger partial charge in [-0.05, 0) is 25.7 Å². The van der Waals surface area contributed by atoms with Gasteiger partial charge >= 0.3 is 6.16 Å². The van der Waals surface area contributed by atoms with Crippen LogP contribution in [-0.4, -0.2) is 79.5 Å².